The molecule has 8 nitrogen and oxygen atoms in total. The van der Waals surface area contributed by atoms with Crippen molar-refractivity contribution in [3.05, 3.63) is 0 Å². The van der Waals surface area contributed by atoms with Gasteiger partial charge in [0.25, 0.3) is 0 Å². The number of aliphatic hydroxyl groups is 4. The highest BCUT2D eigenvalue weighted by atomic mass is 16.5. The zero-order valence-electron chi connectivity index (χ0n) is 8.26. The summed E-state index contributed by atoms with van der Waals surface area (Å²) in [6, 6.07) is 0. The number of carboxylic acid groups (broad SMARTS) is 1. The van der Waals surface area contributed by atoms with Gasteiger partial charge in [0.2, 0.25) is 0 Å². The average Bonchev–Trinajstić information content (AvgIpc) is 2.26. The fourth-order valence-electron chi connectivity index (χ4n) is 0.971. The van der Waals surface area contributed by atoms with Crippen molar-refractivity contribution >= 4 is 12.3 Å². The Hall–Kier alpha value is -1.06. The molecule has 8 heteroatoms. The number of hydrogen-bond donors (Lipinski definition) is 5. The Kier molecular flexibility index (Phi) is 6.77. The first-order valence-electron chi connectivity index (χ1n) is 4.37. The van der Waals surface area contributed by atoms with Crippen LogP contribution in [0.1, 0.15) is 0 Å². The van der Waals surface area contributed by atoms with E-state index in [2.05, 4.69) is 4.74 Å². The minimum absolute atomic E-state index is 0.0276. The zero-order chi connectivity index (χ0) is 12.7. The molecule has 0 fully saturated rings. The third-order valence-corrected chi connectivity index (χ3v) is 1.79. The van der Waals surface area contributed by atoms with Crippen molar-refractivity contribution in [1.29, 1.82) is 0 Å². The van der Waals surface area contributed by atoms with Gasteiger partial charge in [-0.25, -0.2) is 4.79 Å². The van der Waals surface area contributed by atoms with E-state index in [0.717, 1.165) is 0 Å². The number of carboxylic acids is 1. The lowest BCUT2D eigenvalue weighted by Gasteiger charge is -2.26. The van der Waals surface area contributed by atoms with Gasteiger partial charge >= 0.3 is 5.97 Å². The van der Waals surface area contributed by atoms with Gasteiger partial charge in [0, 0.05) is 0 Å². The van der Waals surface area contributed by atoms with E-state index in [-0.39, 0.29) is 6.29 Å². The predicted molar refractivity (Wildman–Crippen MR) is 48.5 cm³/mol. The molecular weight excluding hydrogens is 224 g/mol. The lowest BCUT2D eigenvalue weighted by molar-refractivity contribution is -0.165. The first-order valence-corrected chi connectivity index (χ1v) is 4.37. The number of aldehydes is 1. The first-order chi connectivity index (χ1) is 7.43. The summed E-state index contributed by atoms with van der Waals surface area (Å²) in [5.74, 6) is -1.37. The zero-order valence-corrected chi connectivity index (χ0v) is 8.26. The van der Waals surface area contributed by atoms with Gasteiger partial charge in [0.15, 0.2) is 6.29 Å². The fourth-order valence-corrected chi connectivity index (χ4v) is 0.971. The van der Waals surface area contributed by atoms with Gasteiger partial charge in [-0.1, -0.05) is 0 Å². The molecule has 0 bridgehead atoms. The molecule has 4 unspecified atom stereocenters. The van der Waals surface area contributed by atoms with Crippen LogP contribution in [-0.4, -0.2) is 75.4 Å². The van der Waals surface area contributed by atoms with E-state index in [4.69, 9.17) is 20.4 Å². The summed E-state index contributed by atoms with van der Waals surface area (Å²) in [6.45, 7) is -1.68. The summed E-state index contributed by atoms with van der Waals surface area (Å²) in [4.78, 5) is 20.5. The maximum absolute atomic E-state index is 10.3. The Bertz CT molecular complexity index is 230. The number of aliphatic carboxylic acids is 1. The highest BCUT2D eigenvalue weighted by Crippen LogP contribution is 2.08. The highest BCUT2D eigenvalue weighted by Gasteiger charge is 2.33. The van der Waals surface area contributed by atoms with E-state index < -0.39 is 43.6 Å². The van der Waals surface area contributed by atoms with Crippen LogP contribution in [-0.2, 0) is 14.3 Å². The molecule has 0 rings (SSSR count). The maximum atomic E-state index is 10.3. The number of rotatable bonds is 8. The molecule has 0 amide bonds. The van der Waals surface area contributed by atoms with Gasteiger partial charge in [-0.15, -0.1) is 0 Å². The summed E-state index contributed by atoms with van der Waals surface area (Å²) in [6.07, 6.45) is -6.80. The van der Waals surface area contributed by atoms with Crippen LogP contribution in [0.4, 0.5) is 0 Å². The second-order valence-corrected chi connectivity index (χ2v) is 3.04. The minimum Gasteiger partial charge on any atom is -0.480 e. The molecule has 0 aromatic rings. The third kappa shape index (κ3) is 4.64. The Balaban J connectivity index is 4.52. The number of carbonyl (C=O) groups excluding carboxylic acids is 1. The molecule has 0 aliphatic heterocycles. The van der Waals surface area contributed by atoms with Crippen molar-refractivity contribution in [3.8, 4) is 0 Å². The van der Waals surface area contributed by atoms with Crippen LogP contribution in [0, 0.1) is 0 Å². The molecule has 4 atom stereocenters. The Labute approximate surface area is 90.7 Å². The molecule has 0 radical (unpaired) electrons. The van der Waals surface area contributed by atoms with E-state index >= 15 is 0 Å². The molecule has 0 spiro atoms. The summed E-state index contributed by atoms with van der Waals surface area (Å²) in [5.41, 5.74) is 0. The quantitative estimate of drug-likeness (QED) is 0.277. The van der Waals surface area contributed by atoms with Crippen molar-refractivity contribution in [2.24, 2.45) is 0 Å². The Morgan fingerprint density at radius 3 is 2.25 bits per heavy atom. The molecule has 0 saturated heterocycles. The molecule has 5 N–H and O–H groups in total. The van der Waals surface area contributed by atoms with Gasteiger partial charge in [-0.3, -0.25) is 0 Å². The van der Waals surface area contributed by atoms with E-state index in [0.29, 0.717) is 0 Å². The third-order valence-electron chi connectivity index (χ3n) is 1.79. The highest BCUT2D eigenvalue weighted by molar-refractivity contribution is 5.68. The summed E-state index contributed by atoms with van der Waals surface area (Å²) < 4.78 is 4.54. The van der Waals surface area contributed by atoms with Crippen LogP contribution in [0.15, 0.2) is 0 Å². The molecule has 0 aliphatic carbocycles. The van der Waals surface area contributed by atoms with Crippen LogP contribution >= 0.6 is 0 Å². The van der Waals surface area contributed by atoms with Gasteiger partial charge < -0.3 is 35.1 Å². The smallest absolute Gasteiger partial charge is 0.329 e. The maximum Gasteiger partial charge on any atom is 0.329 e. The van der Waals surface area contributed by atoms with Crippen molar-refractivity contribution in [3.63, 3.8) is 0 Å². The number of hydrogen-bond acceptors (Lipinski definition) is 7. The van der Waals surface area contributed by atoms with Crippen molar-refractivity contribution in [2.75, 3.05) is 13.2 Å². The number of ether oxygens (including phenoxy) is 1. The number of carbonyl (C=O) groups is 2. The topological polar surface area (TPSA) is 145 Å². The second kappa shape index (κ2) is 7.25. The van der Waals surface area contributed by atoms with Crippen molar-refractivity contribution in [2.45, 2.75) is 24.4 Å². The van der Waals surface area contributed by atoms with Gasteiger partial charge in [0.05, 0.1) is 6.61 Å². The average molecular weight is 238 g/mol. The molecule has 0 aromatic heterocycles. The fraction of sp³-hybridized carbons (Fsp3) is 0.750. The van der Waals surface area contributed by atoms with Crippen molar-refractivity contribution in [1.82, 2.24) is 0 Å². The summed E-state index contributed by atoms with van der Waals surface area (Å²) >= 11 is 0. The van der Waals surface area contributed by atoms with E-state index in [1.54, 1.807) is 0 Å². The minimum atomic E-state index is -1.80. The van der Waals surface area contributed by atoms with Crippen LogP contribution in [0.5, 0.6) is 0 Å². The second-order valence-electron chi connectivity index (χ2n) is 3.04. The Morgan fingerprint density at radius 1 is 1.31 bits per heavy atom. The van der Waals surface area contributed by atoms with Gasteiger partial charge in [0.1, 0.15) is 31.0 Å². The lowest BCUT2D eigenvalue weighted by Crippen LogP contribution is -2.48. The first kappa shape index (κ1) is 14.9. The monoisotopic (exact) mass is 238 g/mol. The van der Waals surface area contributed by atoms with Crippen LogP contribution in [0.25, 0.3) is 0 Å². The molecule has 16 heavy (non-hydrogen) atoms. The molecule has 94 valence electrons. The van der Waals surface area contributed by atoms with Crippen LogP contribution < -0.4 is 0 Å². The molecule has 0 saturated carbocycles. The molecule has 0 aromatic carbocycles. The van der Waals surface area contributed by atoms with Gasteiger partial charge in [-0.05, 0) is 0 Å². The molecule has 0 aliphatic rings. The normalized spacial score (nSPS) is 18.5. The van der Waals surface area contributed by atoms with E-state index in [9.17, 15) is 14.7 Å². The molecule has 0 heterocycles. The standard InChI is InChI=1S/C8H14O8/c9-1-4(11)7(15)8(5(12)2-10)16-3-6(13)14/h2,4-5,7-9,11-12,15H,1,3H2,(H,13,14). The summed E-state index contributed by atoms with van der Waals surface area (Å²) in [7, 11) is 0. The predicted octanol–water partition coefficient (Wildman–Crippen LogP) is -3.27. The van der Waals surface area contributed by atoms with Crippen molar-refractivity contribution < 1.29 is 39.9 Å². The Morgan fingerprint density at radius 2 is 1.88 bits per heavy atom. The van der Waals surface area contributed by atoms with Crippen LogP contribution in [0.2, 0.25) is 0 Å². The van der Waals surface area contributed by atoms with E-state index in [1.165, 1.54) is 0 Å². The number of aliphatic hydroxyl groups excluding tert-OH is 4. The van der Waals surface area contributed by atoms with Crippen LogP contribution in [0.3, 0.4) is 0 Å². The van der Waals surface area contributed by atoms with E-state index in [1.807, 2.05) is 0 Å². The SMILES string of the molecule is O=CC(O)C(OCC(=O)O)C(O)C(O)CO. The lowest BCUT2D eigenvalue weighted by atomic mass is 10.0. The largest absolute Gasteiger partial charge is 0.480 e. The molecular formula is C8H14O8. The summed E-state index contributed by atoms with van der Waals surface area (Å²) in [5, 5.41) is 44.3. The van der Waals surface area contributed by atoms with Gasteiger partial charge in [-0.2, -0.15) is 0 Å².